The topological polar surface area (TPSA) is 35.0 Å². The molecule has 29 heavy (non-hydrogen) atoms. The molecule has 2 aromatic rings. The minimum absolute atomic E-state index is 0.339. The van der Waals surface area contributed by atoms with Crippen molar-refractivity contribution in [3.63, 3.8) is 0 Å². The third-order valence-corrected chi connectivity index (χ3v) is 6.22. The SMILES string of the molecule is CCCC#Cc1c([C@@]2(C)CCCO2)nc2c(c1-c1ccnc(C)c1)CCCCC2. The molecule has 0 saturated carbocycles. The van der Waals surface area contributed by atoms with E-state index in [9.17, 15) is 0 Å². The molecule has 3 nitrogen and oxygen atoms in total. The van der Waals surface area contributed by atoms with Crippen LogP contribution in [0.5, 0.6) is 0 Å². The van der Waals surface area contributed by atoms with Crippen molar-refractivity contribution in [2.24, 2.45) is 0 Å². The van der Waals surface area contributed by atoms with E-state index in [-0.39, 0.29) is 5.60 Å². The molecule has 0 amide bonds. The first-order valence-corrected chi connectivity index (χ1v) is 11.2. The van der Waals surface area contributed by atoms with Gasteiger partial charge >= 0.3 is 0 Å². The maximum atomic E-state index is 6.27. The van der Waals surface area contributed by atoms with Crippen LogP contribution < -0.4 is 0 Å². The summed E-state index contributed by atoms with van der Waals surface area (Å²) in [6.45, 7) is 7.26. The van der Waals surface area contributed by atoms with Crippen LogP contribution in [0.25, 0.3) is 11.1 Å². The predicted octanol–water partition coefficient (Wildman–Crippen LogP) is 5.90. The van der Waals surface area contributed by atoms with Gasteiger partial charge in [0.1, 0.15) is 5.60 Å². The summed E-state index contributed by atoms with van der Waals surface area (Å²) in [4.78, 5) is 9.71. The fourth-order valence-electron chi connectivity index (χ4n) is 4.68. The van der Waals surface area contributed by atoms with Crippen LogP contribution in [0.2, 0.25) is 0 Å². The summed E-state index contributed by atoms with van der Waals surface area (Å²) in [5.41, 5.74) is 8.03. The van der Waals surface area contributed by atoms with Crippen molar-refractivity contribution in [2.75, 3.05) is 6.61 Å². The number of aryl methyl sites for hydroxylation is 2. The van der Waals surface area contributed by atoms with Gasteiger partial charge in [0.05, 0.1) is 11.3 Å². The molecule has 152 valence electrons. The second-order valence-corrected chi connectivity index (χ2v) is 8.62. The number of ether oxygens (including phenoxy) is 1. The van der Waals surface area contributed by atoms with Gasteiger partial charge in [0.15, 0.2) is 0 Å². The molecule has 3 heteroatoms. The number of pyridine rings is 2. The van der Waals surface area contributed by atoms with Crippen LogP contribution in [0.15, 0.2) is 18.3 Å². The normalized spacial score (nSPS) is 21.2. The Morgan fingerprint density at radius 3 is 2.79 bits per heavy atom. The molecule has 1 aliphatic carbocycles. The number of hydrogen-bond donors (Lipinski definition) is 0. The molecule has 3 heterocycles. The van der Waals surface area contributed by atoms with Crippen molar-refractivity contribution in [3.8, 4) is 23.0 Å². The lowest BCUT2D eigenvalue weighted by atomic mass is 9.85. The highest BCUT2D eigenvalue weighted by Gasteiger charge is 2.37. The second kappa shape index (κ2) is 8.67. The molecule has 0 bridgehead atoms. The zero-order valence-electron chi connectivity index (χ0n) is 18.1. The summed E-state index contributed by atoms with van der Waals surface area (Å²) >= 11 is 0. The Hall–Kier alpha value is -2.18. The maximum Gasteiger partial charge on any atom is 0.109 e. The third kappa shape index (κ3) is 4.09. The molecule has 0 aromatic carbocycles. The van der Waals surface area contributed by atoms with E-state index in [0.717, 1.165) is 62.1 Å². The van der Waals surface area contributed by atoms with E-state index in [2.05, 4.69) is 49.7 Å². The lowest BCUT2D eigenvalue weighted by Gasteiger charge is -2.28. The number of aromatic nitrogens is 2. The van der Waals surface area contributed by atoms with Gasteiger partial charge in [-0.05, 0) is 82.1 Å². The third-order valence-electron chi connectivity index (χ3n) is 6.22. The summed E-state index contributed by atoms with van der Waals surface area (Å²) in [6, 6.07) is 4.34. The van der Waals surface area contributed by atoms with Gasteiger partial charge in [-0.1, -0.05) is 25.2 Å². The minimum atomic E-state index is -0.339. The predicted molar refractivity (Wildman–Crippen MR) is 118 cm³/mol. The van der Waals surface area contributed by atoms with Crippen LogP contribution >= 0.6 is 0 Å². The zero-order valence-corrected chi connectivity index (χ0v) is 18.1. The van der Waals surface area contributed by atoms with Crippen LogP contribution in [0.3, 0.4) is 0 Å². The van der Waals surface area contributed by atoms with E-state index >= 15 is 0 Å². The summed E-state index contributed by atoms with van der Waals surface area (Å²) in [5, 5.41) is 0. The Morgan fingerprint density at radius 1 is 1.17 bits per heavy atom. The van der Waals surface area contributed by atoms with Crippen molar-refractivity contribution in [1.82, 2.24) is 9.97 Å². The van der Waals surface area contributed by atoms with Gasteiger partial charge in [-0.25, -0.2) is 0 Å². The molecule has 2 aliphatic rings. The Morgan fingerprint density at radius 2 is 2.03 bits per heavy atom. The largest absolute Gasteiger partial charge is 0.369 e. The van der Waals surface area contributed by atoms with E-state index in [4.69, 9.17) is 9.72 Å². The molecule has 2 aromatic heterocycles. The van der Waals surface area contributed by atoms with Crippen LogP contribution in [-0.2, 0) is 23.2 Å². The summed E-state index contributed by atoms with van der Waals surface area (Å²) in [6.07, 6.45) is 11.8. The highest BCUT2D eigenvalue weighted by Crippen LogP contribution is 2.42. The molecule has 1 aliphatic heterocycles. The van der Waals surface area contributed by atoms with E-state index in [0.29, 0.717) is 0 Å². The van der Waals surface area contributed by atoms with Gasteiger partial charge in [0, 0.05) is 36.2 Å². The molecule has 0 radical (unpaired) electrons. The Labute approximate surface area is 175 Å². The molecule has 0 N–H and O–H groups in total. The maximum absolute atomic E-state index is 6.27. The highest BCUT2D eigenvalue weighted by molar-refractivity contribution is 5.77. The van der Waals surface area contributed by atoms with Crippen molar-refractivity contribution in [3.05, 3.63) is 46.5 Å². The van der Waals surface area contributed by atoms with Gasteiger partial charge in [0.2, 0.25) is 0 Å². The van der Waals surface area contributed by atoms with E-state index in [1.807, 2.05) is 6.20 Å². The highest BCUT2D eigenvalue weighted by atomic mass is 16.5. The first kappa shape index (κ1) is 20.1. The molecule has 0 unspecified atom stereocenters. The van der Waals surface area contributed by atoms with Crippen LogP contribution in [-0.4, -0.2) is 16.6 Å². The summed E-state index contributed by atoms with van der Waals surface area (Å²) < 4.78 is 6.27. The average molecular weight is 389 g/mol. The van der Waals surface area contributed by atoms with Gasteiger partial charge < -0.3 is 4.74 Å². The molecular weight excluding hydrogens is 356 g/mol. The lowest BCUT2D eigenvalue weighted by Crippen LogP contribution is -2.25. The smallest absolute Gasteiger partial charge is 0.109 e. The van der Waals surface area contributed by atoms with E-state index in [1.165, 1.54) is 41.6 Å². The van der Waals surface area contributed by atoms with Gasteiger partial charge in [-0.3, -0.25) is 9.97 Å². The number of nitrogens with zero attached hydrogens (tertiary/aromatic N) is 2. The first-order valence-electron chi connectivity index (χ1n) is 11.2. The van der Waals surface area contributed by atoms with E-state index in [1.54, 1.807) is 0 Å². The molecule has 1 atom stereocenters. The molecular formula is C26H32N2O. The fourth-order valence-corrected chi connectivity index (χ4v) is 4.68. The second-order valence-electron chi connectivity index (χ2n) is 8.62. The van der Waals surface area contributed by atoms with Gasteiger partial charge in [-0.15, -0.1) is 0 Å². The minimum Gasteiger partial charge on any atom is -0.369 e. The van der Waals surface area contributed by atoms with Crippen molar-refractivity contribution in [2.45, 2.75) is 84.2 Å². The molecule has 1 fully saturated rings. The Balaban J connectivity index is 2.02. The first-order chi connectivity index (χ1) is 14.1. The van der Waals surface area contributed by atoms with Crippen LogP contribution in [0.4, 0.5) is 0 Å². The van der Waals surface area contributed by atoms with Crippen LogP contribution in [0, 0.1) is 18.8 Å². The van der Waals surface area contributed by atoms with Crippen molar-refractivity contribution >= 4 is 0 Å². The molecule has 4 rings (SSSR count). The summed E-state index contributed by atoms with van der Waals surface area (Å²) in [7, 11) is 0. The monoisotopic (exact) mass is 388 g/mol. The lowest BCUT2D eigenvalue weighted by molar-refractivity contribution is 0.0129. The molecule has 0 spiro atoms. The van der Waals surface area contributed by atoms with Crippen molar-refractivity contribution < 1.29 is 4.74 Å². The van der Waals surface area contributed by atoms with Crippen LogP contribution in [0.1, 0.15) is 87.0 Å². The Kier molecular flexibility index (Phi) is 6.01. The number of rotatable bonds is 3. The molecule has 1 saturated heterocycles. The van der Waals surface area contributed by atoms with Gasteiger partial charge in [0.25, 0.3) is 0 Å². The number of hydrogen-bond acceptors (Lipinski definition) is 3. The Bertz CT molecular complexity index is 945. The summed E-state index contributed by atoms with van der Waals surface area (Å²) in [5.74, 6) is 6.98. The van der Waals surface area contributed by atoms with E-state index < -0.39 is 0 Å². The quantitative estimate of drug-likeness (QED) is 0.485. The average Bonchev–Trinajstić information content (AvgIpc) is 3.02. The van der Waals surface area contributed by atoms with Gasteiger partial charge in [-0.2, -0.15) is 0 Å². The van der Waals surface area contributed by atoms with Crippen molar-refractivity contribution in [1.29, 1.82) is 0 Å². The number of unbranched alkanes of at least 4 members (excludes halogenated alkanes) is 1. The standard InChI is InChI=1S/C26H32N2O/c1-4-5-7-12-22-24(20-14-16-27-19(2)18-20)21-11-8-6-9-13-23(21)28-25(22)26(3)15-10-17-29-26/h14,16,18H,4-6,8-11,13,15,17H2,1-3H3/t26-/m1/s1. The number of fused-ring (bicyclic) bond motifs is 1. The zero-order chi connectivity index (χ0) is 20.3. The fraction of sp³-hybridized carbons (Fsp3) is 0.538.